The number of carbonyl (C=O) groups excluding carboxylic acids is 1. The molecule has 0 bridgehead atoms. The lowest BCUT2D eigenvalue weighted by molar-refractivity contribution is 0.0558. The van der Waals surface area contributed by atoms with Crippen molar-refractivity contribution < 1.29 is 13.7 Å². The summed E-state index contributed by atoms with van der Waals surface area (Å²) in [7, 11) is 0. The van der Waals surface area contributed by atoms with Gasteiger partial charge >= 0.3 is 0 Å². The van der Waals surface area contributed by atoms with E-state index in [1.807, 2.05) is 17.9 Å². The highest BCUT2D eigenvalue weighted by molar-refractivity contribution is 5.92. The highest BCUT2D eigenvalue weighted by Crippen LogP contribution is 2.45. The van der Waals surface area contributed by atoms with Gasteiger partial charge in [0, 0.05) is 51.6 Å². The Morgan fingerprint density at radius 2 is 2.03 bits per heavy atom. The van der Waals surface area contributed by atoms with Crippen molar-refractivity contribution >= 4 is 5.91 Å². The van der Waals surface area contributed by atoms with Crippen molar-refractivity contribution in [2.24, 2.45) is 5.92 Å². The lowest BCUT2D eigenvalue weighted by Crippen LogP contribution is -2.51. The summed E-state index contributed by atoms with van der Waals surface area (Å²) in [5.41, 5.74) is 1.42. The van der Waals surface area contributed by atoms with Crippen molar-refractivity contribution in [1.29, 1.82) is 0 Å². The molecule has 0 aliphatic carbocycles. The number of carbonyl (C=O) groups is 1. The van der Waals surface area contributed by atoms with Crippen LogP contribution < -0.4 is 0 Å². The van der Waals surface area contributed by atoms with Gasteiger partial charge in [0.05, 0.1) is 5.41 Å². The molecule has 156 valence electrons. The molecule has 5 rings (SSSR count). The first kappa shape index (κ1) is 19.0. The molecule has 8 nitrogen and oxygen atoms in total. The van der Waals surface area contributed by atoms with Gasteiger partial charge in [-0.15, -0.1) is 10.2 Å². The molecule has 0 unspecified atom stereocenters. The van der Waals surface area contributed by atoms with Crippen molar-refractivity contribution in [2.75, 3.05) is 26.2 Å². The normalized spacial score (nSPS) is 24.2. The zero-order chi connectivity index (χ0) is 20.7. The minimum atomic E-state index is -0.230. The van der Waals surface area contributed by atoms with Gasteiger partial charge in [0.15, 0.2) is 5.69 Å². The maximum Gasteiger partial charge on any atom is 0.276 e. The maximum atomic E-state index is 13.0. The minimum Gasteiger partial charge on any atom is -0.425 e. The molecule has 0 N–H and O–H groups in total. The molecular formula is C22H25N5O3. The van der Waals surface area contributed by atoms with Gasteiger partial charge in [0.25, 0.3) is 5.91 Å². The third-order valence-corrected chi connectivity index (χ3v) is 6.37. The third-order valence-electron chi connectivity index (χ3n) is 6.37. The second-order valence-electron chi connectivity index (χ2n) is 8.46. The summed E-state index contributed by atoms with van der Waals surface area (Å²) in [4.78, 5) is 17.3. The molecule has 1 aromatic carbocycles. The van der Waals surface area contributed by atoms with Crippen LogP contribution in [-0.2, 0) is 12.0 Å². The van der Waals surface area contributed by atoms with Gasteiger partial charge < -0.3 is 13.8 Å². The summed E-state index contributed by atoms with van der Waals surface area (Å²) in [6.07, 6.45) is 0.785. The second kappa shape index (κ2) is 7.36. The first-order valence-electron chi connectivity index (χ1n) is 10.3. The van der Waals surface area contributed by atoms with Crippen LogP contribution in [0.25, 0.3) is 0 Å². The number of nitrogens with zero attached hydrogens (tertiary/aromatic N) is 5. The Bertz CT molecular complexity index is 1050. The Morgan fingerprint density at radius 3 is 2.73 bits per heavy atom. The van der Waals surface area contributed by atoms with E-state index in [0.717, 1.165) is 26.1 Å². The predicted octanol–water partition coefficient (Wildman–Crippen LogP) is 2.59. The molecule has 2 aliphatic rings. The number of likely N-dealkylation sites (tertiary alicyclic amines) is 2. The van der Waals surface area contributed by atoms with Gasteiger partial charge in [0.1, 0.15) is 5.76 Å². The number of hydrogen-bond donors (Lipinski definition) is 0. The van der Waals surface area contributed by atoms with Gasteiger partial charge in [-0.25, -0.2) is 0 Å². The van der Waals surface area contributed by atoms with Crippen LogP contribution in [0.3, 0.4) is 0 Å². The topological polar surface area (TPSA) is 88.5 Å². The second-order valence-corrected chi connectivity index (χ2v) is 8.46. The van der Waals surface area contributed by atoms with Crippen LogP contribution in [0.2, 0.25) is 0 Å². The molecule has 2 fully saturated rings. The number of aromatic nitrogens is 3. The number of hydrogen-bond acceptors (Lipinski definition) is 7. The highest BCUT2D eigenvalue weighted by Gasteiger charge is 2.54. The van der Waals surface area contributed by atoms with E-state index in [-0.39, 0.29) is 17.2 Å². The number of aryl methyl sites for hydroxylation is 2. The smallest absolute Gasteiger partial charge is 0.276 e. The van der Waals surface area contributed by atoms with Crippen LogP contribution in [0.5, 0.6) is 0 Å². The fourth-order valence-corrected chi connectivity index (χ4v) is 4.91. The van der Waals surface area contributed by atoms with Crippen molar-refractivity contribution in [2.45, 2.75) is 32.2 Å². The quantitative estimate of drug-likeness (QED) is 0.657. The minimum absolute atomic E-state index is 0.0799. The van der Waals surface area contributed by atoms with Crippen LogP contribution in [0.4, 0.5) is 0 Å². The third kappa shape index (κ3) is 3.31. The molecule has 0 radical (unpaired) electrons. The summed E-state index contributed by atoms with van der Waals surface area (Å²) in [6.45, 7) is 7.46. The molecule has 0 spiro atoms. The molecule has 1 amide bonds. The zero-order valence-electron chi connectivity index (χ0n) is 17.2. The van der Waals surface area contributed by atoms with E-state index in [9.17, 15) is 4.79 Å². The Morgan fingerprint density at radius 1 is 1.20 bits per heavy atom. The van der Waals surface area contributed by atoms with E-state index in [1.54, 1.807) is 13.0 Å². The van der Waals surface area contributed by atoms with Gasteiger partial charge in [-0.1, -0.05) is 35.5 Å². The molecular weight excluding hydrogens is 382 g/mol. The van der Waals surface area contributed by atoms with E-state index >= 15 is 0 Å². The van der Waals surface area contributed by atoms with Crippen LogP contribution in [0.1, 0.15) is 40.0 Å². The van der Waals surface area contributed by atoms with E-state index in [4.69, 9.17) is 8.94 Å². The average Bonchev–Trinajstić information content (AvgIpc) is 3.46. The SMILES string of the molecule is Cc1cc(C(=O)N2CC[C@]3(c4nnc(C)o4)CN(Cc4ccccc4)C[C@@H]3C2)no1. The predicted molar refractivity (Wildman–Crippen MR) is 108 cm³/mol. The number of rotatable bonds is 4. The summed E-state index contributed by atoms with van der Waals surface area (Å²) in [5, 5.41) is 12.4. The summed E-state index contributed by atoms with van der Waals surface area (Å²) in [5.74, 6) is 2.05. The van der Waals surface area contributed by atoms with Gasteiger partial charge in [0.2, 0.25) is 11.8 Å². The van der Waals surface area contributed by atoms with Crippen molar-refractivity contribution in [1.82, 2.24) is 25.2 Å². The van der Waals surface area contributed by atoms with Crippen molar-refractivity contribution in [3.05, 3.63) is 65.2 Å². The molecule has 4 heterocycles. The molecule has 2 atom stereocenters. The van der Waals surface area contributed by atoms with Gasteiger partial charge in [-0.3, -0.25) is 9.69 Å². The number of amides is 1. The first-order valence-corrected chi connectivity index (χ1v) is 10.3. The number of piperidine rings is 1. The number of benzene rings is 1. The molecule has 2 saturated heterocycles. The summed E-state index contributed by atoms with van der Waals surface area (Å²) < 4.78 is 11.0. The molecule has 3 aromatic rings. The van der Waals surface area contributed by atoms with E-state index in [0.29, 0.717) is 36.3 Å². The van der Waals surface area contributed by atoms with Gasteiger partial charge in [-0.05, 0) is 18.9 Å². The van der Waals surface area contributed by atoms with Gasteiger partial charge in [-0.2, -0.15) is 0 Å². The van der Waals surface area contributed by atoms with E-state index in [2.05, 4.69) is 44.5 Å². The average molecular weight is 407 g/mol. The summed E-state index contributed by atoms with van der Waals surface area (Å²) >= 11 is 0. The molecule has 2 aromatic heterocycles. The van der Waals surface area contributed by atoms with E-state index in [1.165, 1.54) is 5.56 Å². The van der Waals surface area contributed by atoms with Crippen LogP contribution >= 0.6 is 0 Å². The molecule has 8 heteroatoms. The monoisotopic (exact) mass is 407 g/mol. The largest absolute Gasteiger partial charge is 0.425 e. The molecule has 30 heavy (non-hydrogen) atoms. The standard InChI is InChI=1S/C22H25N5O3/c1-15-10-19(25-30-15)20(28)27-9-8-22(21-24-23-16(2)29-21)14-26(12-18(22)13-27)11-17-6-4-3-5-7-17/h3-7,10,18H,8-9,11-14H2,1-2H3/t18-,22+/m1/s1. The number of fused-ring (bicyclic) bond motifs is 1. The van der Waals surface area contributed by atoms with E-state index < -0.39 is 0 Å². The fourth-order valence-electron chi connectivity index (χ4n) is 4.91. The lowest BCUT2D eigenvalue weighted by Gasteiger charge is -2.41. The molecule has 2 aliphatic heterocycles. The zero-order valence-corrected chi connectivity index (χ0v) is 17.2. The maximum absolute atomic E-state index is 13.0. The van der Waals surface area contributed by atoms with Crippen LogP contribution in [-0.4, -0.2) is 57.2 Å². The van der Waals surface area contributed by atoms with Crippen LogP contribution in [0.15, 0.2) is 45.3 Å². The Labute approximate surface area is 174 Å². The Kier molecular flexibility index (Phi) is 4.66. The van der Waals surface area contributed by atoms with Crippen molar-refractivity contribution in [3.63, 3.8) is 0 Å². The summed E-state index contributed by atoms with van der Waals surface area (Å²) in [6, 6.07) is 12.2. The Balaban J connectivity index is 1.40. The lowest BCUT2D eigenvalue weighted by atomic mass is 9.72. The first-order chi connectivity index (χ1) is 14.5. The van der Waals surface area contributed by atoms with Crippen molar-refractivity contribution in [3.8, 4) is 0 Å². The fraction of sp³-hybridized carbons (Fsp3) is 0.455. The highest BCUT2D eigenvalue weighted by atomic mass is 16.5. The molecule has 0 saturated carbocycles. The Hall–Kier alpha value is -3.00. The van der Waals surface area contributed by atoms with Crippen LogP contribution in [0, 0.1) is 19.8 Å².